The summed E-state index contributed by atoms with van der Waals surface area (Å²) in [6.45, 7) is 11.2. The number of nitrogens with one attached hydrogen (secondary N) is 2. The summed E-state index contributed by atoms with van der Waals surface area (Å²) in [5.74, 6) is 0.918. The number of amides is 4. The van der Waals surface area contributed by atoms with Crippen molar-refractivity contribution < 1.29 is 23.9 Å². The topological polar surface area (TPSA) is 131 Å². The van der Waals surface area contributed by atoms with Crippen LogP contribution in [0.25, 0.3) is 0 Å². The van der Waals surface area contributed by atoms with Crippen molar-refractivity contribution >= 4 is 23.8 Å². The summed E-state index contributed by atoms with van der Waals surface area (Å²) in [4.78, 5) is 52.3. The molecule has 1 aromatic carbocycles. The van der Waals surface area contributed by atoms with Gasteiger partial charge in [0.25, 0.3) is 0 Å². The summed E-state index contributed by atoms with van der Waals surface area (Å²) in [7, 11) is 0. The molecule has 1 rings (SSSR count). The number of unbranched alkanes of at least 4 members (excludes halogenated alkanes) is 1. The highest BCUT2D eigenvalue weighted by Crippen LogP contribution is 2.24. The number of nitrogens with two attached hydrogens (primary N) is 1. The molecule has 0 bridgehead atoms. The molecule has 4 amide bonds. The predicted octanol–water partition coefficient (Wildman–Crippen LogP) is 2.80. The Labute approximate surface area is 213 Å². The van der Waals surface area contributed by atoms with Gasteiger partial charge in [-0.05, 0) is 51.3 Å². The van der Waals surface area contributed by atoms with Crippen LogP contribution in [-0.2, 0) is 19.1 Å². The Bertz CT molecular complexity index is 960. The van der Waals surface area contributed by atoms with Gasteiger partial charge in [-0.25, -0.2) is 4.79 Å². The quantitative estimate of drug-likeness (QED) is 0.219. The highest BCUT2D eigenvalue weighted by molar-refractivity contribution is 5.92. The number of benzene rings is 1. The lowest BCUT2D eigenvalue weighted by Crippen LogP contribution is -2.53. The fourth-order valence-corrected chi connectivity index (χ4v) is 3.38. The summed E-state index contributed by atoms with van der Waals surface area (Å²) >= 11 is 0. The fourth-order valence-electron chi connectivity index (χ4n) is 3.38. The maximum absolute atomic E-state index is 13.8. The van der Waals surface area contributed by atoms with E-state index in [0.717, 1.165) is 12.8 Å². The first-order chi connectivity index (χ1) is 16.9. The van der Waals surface area contributed by atoms with Gasteiger partial charge in [-0.15, -0.1) is 13.0 Å². The molecule has 0 aliphatic rings. The Morgan fingerprint density at radius 2 is 1.86 bits per heavy atom. The van der Waals surface area contributed by atoms with Gasteiger partial charge in [0.1, 0.15) is 17.7 Å². The van der Waals surface area contributed by atoms with Crippen molar-refractivity contribution in [2.45, 2.75) is 71.1 Å². The van der Waals surface area contributed by atoms with Crippen LogP contribution in [0.5, 0.6) is 0 Å². The van der Waals surface area contributed by atoms with Crippen molar-refractivity contribution in [3.05, 3.63) is 48.0 Å². The lowest BCUT2D eigenvalue weighted by molar-refractivity contribution is -0.142. The maximum Gasteiger partial charge on any atom is 0.408 e. The first kappa shape index (κ1) is 30.2. The first-order valence-electron chi connectivity index (χ1n) is 12.0. The van der Waals surface area contributed by atoms with E-state index in [1.807, 2.05) is 6.92 Å². The van der Waals surface area contributed by atoms with Gasteiger partial charge in [0.05, 0.1) is 0 Å². The molecule has 196 valence electrons. The molecule has 0 spiro atoms. The number of nitrogens with zero attached hydrogens (tertiary/aromatic N) is 1. The molecule has 0 fully saturated rings. The standard InChI is InChI=1S/C27H38N4O5/c1-7-10-17-29-24(33)23(20-13-11-19(9-3)12-14-20)31(18-8-2)25(34)21(15-16-22(28)32)30-26(35)36-27(4,5)6/h3,8,11-14,21,23H,2,7,10,15-18H2,1,4-6H3,(H2,28,32)(H,29,33)(H,30,35). The molecule has 9 nitrogen and oxygen atoms in total. The van der Waals surface area contributed by atoms with Crippen molar-refractivity contribution in [1.82, 2.24) is 15.5 Å². The van der Waals surface area contributed by atoms with Crippen LogP contribution in [-0.4, -0.2) is 53.4 Å². The number of terminal acetylenes is 1. The molecule has 0 aromatic heterocycles. The number of alkyl carbamates (subject to hydrolysis) is 1. The van der Waals surface area contributed by atoms with Gasteiger partial charge < -0.3 is 26.0 Å². The molecule has 36 heavy (non-hydrogen) atoms. The molecule has 1 aromatic rings. The van der Waals surface area contributed by atoms with E-state index in [-0.39, 0.29) is 19.4 Å². The monoisotopic (exact) mass is 498 g/mol. The van der Waals surface area contributed by atoms with Gasteiger partial charge >= 0.3 is 6.09 Å². The molecule has 0 radical (unpaired) electrons. The van der Waals surface area contributed by atoms with Crippen molar-refractivity contribution in [2.24, 2.45) is 5.73 Å². The zero-order chi connectivity index (χ0) is 27.3. The van der Waals surface area contributed by atoms with Crippen LogP contribution in [0.1, 0.15) is 70.5 Å². The zero-order valence-electron chi connectivity index (χ0n) is 21.6. The third-order valence-corrected chi connectivity index (χ3v) is 5.06. The molecule has 0 aliphatic heterocycles. The van der Waals surface area contributed by atoms with Crippen LogP contribution in [0.4, 0.5) is 4.79 Å². The van der Waals surface area contributed by atoms with Gasteiger partial charge in [-0.3, -0.25) is 14.4 Å². The van der Waals surface area contributed by atoms with E-state index in [2.05, 4.69) is 23.1 Å². The molecule has 0 saturated carbocycles. The van der Waals surface area contributed by atoms with Crippen molar-refractivity contribution in [1.29, 1.82) is 0 Å². The van der Waals surface area contributed by atoms with Crippen molar-refractivity contribution in [2.75, 3.05) is 13.1 Å². The van der Waals surface area contributed by atoms with Gasteiger partial charge in [-0.1, -0.05) is 37.5 Å². The predicted molar refractivity (Wildman–Crippen MR) is 139 cm³/mol. The summed E-state index contributed by atoms with van der Waals surface area (Å²) in [6.07, 6.45) is 7.55. The fraction of sp³-hybridized carbons (Fsp3) is 0.481. The van der Waals surface area contributed by atoms with E-state index in [4.69, 9.17) is 16.9 Å². The Kier molecular flexibility index (Phi) is 12.2. The van der Waals surface area contributed by atoms with E-state index < -0.39 is 41.5 Å². The molecule has 4 N–H and O–H groups in total. The first-order valence-corrected chi connectivity index (χ1v) is 12.0. The third-order valence-electron chi connectivity index (χ3n) is 5.06. The number of rotatable bonds is 13. The van der Waals surface area contributed by atoms with Gasteiger partial charge in [0, 0.05) is 25.1 Å². The van der Waals surface area contributed by atoms with Crippen LogP contribution in [0, 0.1) is 12.3 Å². The molecule has 0 aliphatic carbocycles. The van der Waals surface area contributed by atoms with Crippen LogP contribution in [0.3, 0.4) is 0 Å². The number of primary amides is 1. The second-order valence-corrected chi connectivity index (χ2v) is 9.30. The second-order valence-electron chi connectivity index (χ2n) is 9.30. The van der Waals surface area contributed by atoms with E-state index in [1.54, 1.807) is 45.0 Å². The molecule has 2 atom stereocenters. The van der Waals surface area contributed by atoms with Gasteiger partial charge in [-0.2, -0.15) is 0 Å². The van der Waals surface area contributed by atoms with E-state index in [0.29, 0.717) is 17.7 Å². The van der Waals surface area contributed by atoms with E-state index >= 15 is 0 Å². The second kappa shape index (κ2) is 14.6. The minimum absolute atomic E-state index is 0.00462. The number of ether oxygens (including phenoxy) is 1. The van der Waals surface area contributed by atoms with Gasteiger partial charge in [0.2, 0.25) is 17.7 Å². The van der Waals surface area contributed by atoms with Crippen molar-refractivity contribution in [3.63, 3.8) is 0 Å². The summed E-state index contributed by atoms with van der Waals surface area (Å²) in [6, 6.07) is 4.53. The smallest absolute Gasteiger partial charge is 0.408 e. The number of carbonyl (C=O) groups excluding carboxylic acids is 4. The Balaban J connectivity index is 3.42. The third kappa shape index (κ3) is 10.2. The molecule has 0 heterocycles. The summed E-state index contributed by atoms with van der Waals surface area (Å²) in [5.41, 5.74) is 5.65. The highest BCUT2D eigenvalue weighted by Gasteiger charge is 2.35. The minimum atomic E-state index is -1.16. The highest BCUT2D eigenvalue weighted by atomic mass is 16.6. The lowest BCUT2D eigenvalue weighted by atomic mass is 10.00. The number of carbonyl (C=O) groups is 4. The molecular formula is C27H38N4O5. The van der Waals surface area contributed by atoms with Crippen molar-refractivity contribution in [3.8, 4) is 12.3 Å². The normalized spacial score (nSPS) is 12.4. The average molecular weight is 499 g/mol. The van der Waals surface area contributed by atoms with E-state index in [1.165, 1.54) is 11.0 Å². The largest absolute Gasteiger partial charge is 0.444 e. The van der Waals surface area contributed by atoms with Crippen LogP contribution >= 0.6 is 0 Å². The van der Waals surface area contributed by atoms with Crippen LogP contribution < -0.4 is 16.4 Å². The Hall–Kier alpha value is -3.80. The molecule has 9 heteroatoms. The lowest BCUT2D eigenvalue weighted by Gasteiger charge is -2.34. The van der Waals surface area contributed by atoms with Crippen LogP contribution in [0.15, 0.2) is 36.9 Å². The maximum atomic E-state index is 13.8. The SMILES string of the molecule is C#Cc1ccc(C(C(=O)NCCCC)N(CC=C)C(=O)C(CCC(N)=O)NC(=O)OC(C)(C)C)cc1. The summed E-state index contributed by atoms with van der Waals surface area (Å²) < 4.78 is 5.29. The molecule has 0 saturated heterocycles. The molecular weight excluding hydrogens is 460 g/mol. The number of hydrogen-bond acceptors (Lipinski definition) is 5. The Morgan fingerprint density at radius 1 is 1.22 bits per heavy atom. The number of hydrogen-bond donors (Lipinski definition) is 3. The van der Waals surface area contributed by atoms with E-state index in [9.17, 15) is 19.2 Å². The zero-order valence-corrected chi connectivity index (χ0v) is 21.6. The average Bonchev–Trinajstić information content (AvgIpc) is 2.80. The van der Waals surface area contributed by atoms with Crippen LogP contribution in [0.2, 0.25) is 0 Å². The van der Waals surface area contributed by atoms with Gasteiger partial charge in [0.15, 0.2) is 0 Å². The minimum Gasteiger partial charge on any atom is -0.444 e. The molecule has 2 unspecified atom stereocenters. The Morgan fingerprint density at radius 3 is 2.36 bits per heavy atom. The summed E-state index contributed by atoms with van der Waals surface area (Å²) in [5, 5.41) is 5.40.